The van der Waals surface area contributed by atoms with E-state index < -0.39 is 11.0 Å². The van der Waals surface area contributed by atoms with Gasteiger partial charge in [-0.1, -0.05) is 18.5 Å². The van der Waals surface area contributed by atoms with E-state index in [2.05, 4.69) is 4.74 Å². The molecule has 48 valence electrons. The van der Waals surface area contributed by atoms with E-state index in [1.165, 1.54) is 0 Å². The van der Waals surface area contributed by atoms with Crippen LogP contribution < -0.4 is 0 Å². The molecule has 0 aliphatic rings. The van der Waals surface area contributed by atoms with Gasteiger partial charge in [0.1, 0.15) is 0 Å². The Labute approximate surface area is 57.7 Å². The summed E-state index contributed by atoms with van der Waals surface area (Å²) in [6.07, 6.45) is 0.569. The number of alkyl halides is 1. The third-order valence-electron chi connectivity index (χ3n) is 0.542. The summed E-state index contributed by atoms with van der Waals surface area (Å²) in [4.78, 5) is 9.87. The maximum Gasteiger partial charge on any atom is 0.405 e. The highest BCUT2D eigenvalue weighted by Crippen LogP contribution is 2.04. The highest BCUT2D eigenvalue weighted by Gasteiger charge is 2.03. The molecule has 0 aromatic heterocycles. The summed E-state index contributed by atoms with van der Waals surface area (Å²) in [7, 11) is 0. The predicted molar refractivity (Wildman–Crippen MR) is 32.3 cm³/mol. The fourth-order valence-electron chi connectivity index (χ4n) is 0.184. The molecule has 0 rings (SSSR count). The van der Waals surface area contributed by atoms with Crippen LogP contribution in [0.25, 0.3) is 0 Å². The first-order valence-corrected chi connectivity index (χ1v) is 2.98. The van der Waals surface area contributed by atoms with Gasteiger partial charge >= 0.3 is 5.43 Å². The lowest BCUT2D eigenvalue weighted by atomic mass is 10.5. The monoisotopic (exact) mass is 156 g/mol. The first-order chi connectivity index (χ1) is 3.66. The molecule has 0 aliphatic carbocycles. The van der Waals surface area contributed by atoms with Crippen molar-refractivity contribution in [1.82, 2.24) is 0 Å². The number of hydrogen-bond donors (Lipinski definition) is 0. The van der Waals surface area contributed by atoms with Crippen molar-refractivity contribution in [3.63, 3.8) is 0 Å². The molecule has 0 heterocycles. The highest BCUT2D eigenvalue weighted by atomic mass is 35.5. The van der Waals surface area contributed by atoms with Gasteiger partial charge in [0.25, 0.3) is 0 Å². The van der Waals surface area contributed by atoms with Crippen LogP contribution in [0.3, 0.4) is 0 Å². The summed E-state index contributed by atoms with van der Waals surface area (Å²) in [6.45, 7) is 1.79. The van der Waals surface area contributed by atoms with Gasteiger partial charge in [0.2, 0.25) is 0 Å². The van der Waals surface area contributed by atoms with Crippen molar-refractivity contribution in [2.45, 2.75) is 18.9 Å². The van der Waals surface area contributed by atoms with E-state index in [0.717, 1.165) is 0 Å². The molecule has 0 aromatic carbocycles. The Morgan fingerprint density at radius 3 is 2.50 bits per heavy atom. The third-order valence-corrected chi connectivity index (χ3v) is 1.03. The van der Waals surface area contributed by atoms with Crippen molar-refractivity contribution < 1.29 is 9.53 Å². The molecule has 0 radical (unpaired) electrons. The second kappa shape index (κ2) is 3.98. The molecule has 0 saturated carbocycles. The van der Waals surface area contributed by atoms with Crippen molar-refractivity contribution in [3.8, 4) is 0 Å². The van der Waals surface area contributed by atoms with Gasteiger partial charge in [-0.05, 0) is 6.42 Å². The molecule has 1 atom stereocenters. The standard InChI is InChI=1S/C4H6Cl2O2/c1-2-3(5)8-4(6)7/h3H,2H2,1H3. The van der Waals surface area contributed by atoms with E-state index in [1.807, 2.05) is 0 Å². The molecule has 4 heteroatoms. The van der Waals surface area contributed by atoms with Gasteiger partial charge in [-0.15, -0.1) is 0 Å². The molecule has 8 heavy (non-hydrogen) atoms. The molecule has 0 saturated heterocycles. The number of ether oxygens (including phenoxy) is 1. The molecule has 0 spiro atoms. The van der Waals surface area contributed by atoms with Crippen LogP contribution in [0.15, 0.2) is 0 Å². The molecule has 0 aliphatic heterocycles. The Bertz CT molecular complexity index is 84.1. The number of halogens is 2. The van der Waals surface area contributed by atoms with E-state index in [1.54, 1.807) is 6.92 Å². The Morgan fingerprint density at radius 1 is 1.88 bits per heavy atom. The molecular formula is C4H6Cl2O2. The van der Waals surface area contributed by atoms with Crippen molar-refractivity contribution in [1.29, 1.82) is 0 Å². The summed E-state index contributed by atoms with van der Waals surface area (Å²) in [5.41, 5.74) is -1.44. The van der Waals surface area contributed by atoms with E-state index in [4.69, 9.17) is 23.2 Å². The smallest absolute Gasteiger partial charge is 0.405 e. The van der Waals surface area contributed by atoms with Crippen molar-refractivity contribution >= 4 is 28.6 Å². The average Bonchev–Trinajstić information content (AvgIpc) is 1.65. The number of carbonyl (C=O) groups excluding carboxylic acids is 1. The molecule has 0 fully saturated rings. The second-order valence-corrected chi connectivity index (χ2v) is 1.97. The van der Waals surface area contributed by atoms with Crippen molar-refractivity contribution in [2.75, 3.05) is 0 Å². The fourth-order valence-corrected chi connectivity index (χ4v) is 0.418. The zero-order valence-corrected chi connectivity index (χ0v) is 5.87. The lowest BCUT2D eigenvalue weighted by Crippen LogP contribution is -2.04. The van der Waals surface area contributed by atoms with Gasteiger partial charge in [-0.3, -0.25) is 0 Å². The normalized spacial score (nSPS) is 12.9. The largest absolute Gasteiger partial charge is 0.434 e. The summed E-state index contributed by atoms with van der Waals surface area (Å²) < 4.78 is 4.29. The lowest BCUT2D eigenvalue weighted by Gasteiger charge is -2.02. The van der Waals surface area contributed by atoms with Gasteiger partial charge in [-0.25, -0.2) is 4.79 Å². The molecule has 0 N–H and O–H groups in total. The summed E-state index contributed by atoms with van der Waals surface area (Å²) >= 11 is 10.1. The summed E-state index contributed by atoms with van der Waals surface area (Å²) in [6, 6.07) is 0. The SMILES string of the molecule is CCC(Cl)OC(=O)Cl. The maximum atomic E-state index is 9.87. The minimum atomic E-state index is -0.855. The van der Waals surface area contributed by atoms with E-state index >= 15 is 0 Å². The zero-order chi connectivity index (χ0) is 6.57. The molecule has 1 unspecified atom stereocenters. The maximum absolute atomic E-state index is 9.87. The number of hydrogen-bond acceptors (Lipinski definition) is 2. The Hall–Kier alpha value is 0.0500. The lowest BCUT2D eigenvalue weighted by molar-refractivity contribution is 0.157. The quantitative estimate of drug-likeness (QED) is 0.454. The van der Waals surface area contributed by atoms with Crippen LogP contribution in [0.2, 0.25) is 0 Å². The Balaban J connectivity index is 3.24. The van der Waals surface area contributed by atoms with Crippen LogP contribution in [0.1, 0.15) is 13.3 Å². The van der Waals surface area contributed by atoms with Crippen LogP contribution in [-0.2, 0) is 4.74 Å². The van der Waals surface area contributed by atoms with E-state index in [9.17, 15) is 4.79 Å². The van der Waals surface area contributed by atoms with E-state index in [0.29, 0.717) is 6.42 Å². The fraction of sp³-hybridized carbons (Fsp3) is 0.750. The van der Waals surface area contributed by atoms with Gasteiger partial charge in [0.15, 0.2) is 5.56 Å². The van der Waals surface area contributed by atoms with Gasteiger partial charge < -0.3 is 4.74 Å². The first-order valence-electron chi connectivity index (χ1n) is 2.17. The first kappa shape index (κ1) is 8.05. The van der Waals surface area contributed by atoms with Crippen LogP contribution in [0, 0.1) is 0 Å². The molecule has 0 aromatic rings. The Morgan fingerprint density at radius 2 is 2.38 bits per heavy atom. The van der Waals surface area contributed by atoms with Crippen molar-refractivity contribution in [2.24, 2.45) is 0 Å². The zero-order valence-electron chi connectivity index (χ0n) is 4.36. The molecule has 2 nitrogen and oxygen atoms in total. The number of rotatable bonds is 2. The minimum absolute atomic E-state index is 0.569. The van der Waals surface area contributed by atoms with Gasteiger partial charge in [-0.2, -0.15) is 0 Å². The van der Waals surface area contributed by atoms with Crippen LogP contribution in [0.4, 0.5) is 4.79 Å². The summed E-state index contributed by atoms with van der Waals surface area (Å²) in [5.74, 6) is 0. The summed E-state index contributed by atoms with van der Waals surface area (Å²) in [5, 5.41) is 0. The van der Waals surface area contributed by atoms with Crippen molar-refractivity contribution in [3.05, 3.63) is 0 Å². The third kappa shape index (κ3) is 4.22. The van der Waals surface area contributed by atoms with Crippen LogP contribution >= 0.6 is 23.2 Å². The number of carbonyl (C=O) groups is 1. The molecular weight excluding hydrogens is 151 g/mol. The molecule has 0 amide bonds. The highest BCUT2D eigenvalue weighted by molar-refractivity contribution is 6.61. The van der Waals surface area contributed by atoms with Gasteiger partial charge in [0.05, 0.1) is 0 Å². The predicted octanol–water partition coefficient (Wildman–Crippen LogP) is 2.34. The molecule has 0 bridgehead atoms. The van der Waals surface area contributed by atoms with Crippen LogP contribution in [-0.4, -0.2) is 11.0 Å². The topological polar surface area (TPSA) is 26.3 Å². The minimum Gasteiger partial charge on any atom is -0.434 e. The van der Waals surface area contributed by atoms with Crippen LogP contribution in [0.5, 0.6) is 0 Å². The average molecular weight is 157 g/mol. The van der Waals surface area contributed by atoms with E-state index in [-0.39, 0.29) is 0 Å². The second-order valence-electron chi connectivity index (χ2n) is 1.17. The van der Waals surface area contributed by atoms with Gasteiger partial charge in [0, 0.05) is 11.6 Å². The Kier molecular flexibility index (Phi) is 4.01.